The van der Waals surface area contributed by atoms with E-state index in [-0.39, 0.29) is 11.4 Å². The zero-order valence-electron chi connectivity index (χ0n) is 8.16. The lowest BCUT2D eigenvalue weighted by atomic mass is 10.0. The van der Waals surface area contributed by atoms with Gasteiger partial charge in [0.15, 0.2) is 5.78 Å². The highest BCUT2D eigenvalue weighted by Crippen LogP contribution is 2.19. The number of carbonyl (C=O) groups is 1. The van der Waals surface area contributed by atoms with Crippen molar-refractivity contribution in [3.63, 3.8) is 0 Å². The molecule has 1 aromatic heterocycles. The molecule has 0 unspecified atom stereocenters. The maximum Gasteiger partial charge on any atom is 0.175 e. The van der Waals surface area contributed by atoms with Crippen LogP contribution in [0.5, 0.6) is 0 Å². The molecule has 72 valence electrons. The standard InChI is InChI=1S/C10H14O2S/c1-10(2,12-3)7-8(11)9-5-4-6-13-9/h4-6H,7H2,1-3H3. The van der Waals surface area contributed by atoms with Gasteiger partial charge in [-0.15, -0.1) is 11.3 Å². The van der Waals surface area contributed by atoms with Gasteiger partial charge in [-0.3, -0.25) is 4.79 Å². The Morgan fingerprint density at radius 2 is 2.31 bits per heavy atom. The van der Waals surface area contributed by atoms with Crippen LogP contribution in [0, 0.1) is 0 Å². The number of rotatable bonds is 4. The molecule has 0 saturated carbocycles. The summed E-state index contributed by atoms with van der Waals surface area (Å²) in [7, 11) is 1.63. The zero-order chi connectivity index (χ0) is 9.90. The number of hydrogen-bond donors (Lipinski definition) is 0. The highest BCUT2D eigenvalue weighted by molar-refractivity contribution is 7.12. The number of Topliss-reactive ketones (excluding diaryl/α,β-unsaturated/α-hetero) is 1. The van der Waals surface area contributed by atoms with Gasteiger partial charge in [-0.25, -0.2) is 0 Å². The number of thiophene rings is 1. The molecule has 0 radical (unpaired) electrons. The van der Waals surface area contributed by atoms with Crippen LogP contribution < -0.4 is 0 Å². The summed E-state index contributed by atoms with van der Waals surface area (Å²) >= 11 is 1.48. The minimum Gasteiger partial charge on any atom is -0.378 e. The Labute approximate surface area is 82.5 Å². The maximum absolute atomic E-state index is 11.6. The second-order valence-electron chi connectivity index (χ2n) is 3.54. The summed E-state index contributed by atoms with van der Waals surface area (Å²) in [5, 5.41) is 1.91. The first-order valence-corrected chi connectivity index (χ1v) is 5.05. The van der Waals surface area contributed by atoms with E-state index in [1.807, 2.05) is 31.4 Å². The molecule has 1 aromatic rings. The third-order valence-electron chi connectivity index (χ3n) is 1.93. The van der Waals surface area contributed by atoms with Gasteiger partial charge in [0.2, 0.25) is 0 Å². The average Bonchev–Trinajstić information content (AvgIpc) is 2.55. The van der Waals surface area contributed by atoms with Crippen LogP contribution >= 0.6 is 11.3 Å². The second-order valence-corrected chi connectivity index (χ2v) is 4.49. The average molecular weight is 198 g/mol. The Bertz CT molecular complexity index is 275. The van der Waals surface area contributed by atoms with Crippen molar-refractivity contribution >= 4 is 17.1 Å². The van der Waals surface area contributed by atoms with E-state index >= 15 is 0 Å². The first-order chi connectivity index (χ1) is 6.05. The first kappa shape index (κ1) is 10.4. The van der Waals surface area contributed by atoms with Crippen LogP contribution in [-0.2, 0) is 4.74 Å². The lowest BCUT2D eigenvalue weighted by Crippen LogP contribution is -2.26. The van der Waals surface area contributed by atoms with Gasteiger partial charge in [0.25, 0.3) is 0 Å². The lowest BCUT2D eigenvalue weighted by molar-refractivity contribution is 0.0173. The van der Waals surface area contributed by atoms with E-state index < -0.39 is 0 Å². The molecule has 0 N–H and O–H groups in total. The maximum atomic E-state index is 11.6. The fraction of sp³-hybridized carbons (Fsp3) is 0.500. The van der Waals surface area contributed by atoms with E-state index in [2.05, 4.69) is 0 Å². The van der Waals surface area contributed by atoms with Crippen molar-refractivity contribution in [1.82, 2.24) is 0 Å². The van der Waals surface area contributed by atoms with Crippen molar-refractivity contribution in [3.05, 3.63) is 22.4 Å². The summed E-state index contributed by atoms with van der Waals surface area (Å²) in [6, 6.07) is 3.73. The van der Waals surface area contributed by atoms with Crippen LogP contribution in [0.15, 0.2) is 17.5 Å². The summed E-state index contributed by atoms with van der Waals surface area (Å²) in [6.45, 7) is 3.83. The van der Waals surface area contributed by atoms with Crippen LogP contribution in [0.25, 0.3) is 0 Å². The number of ether oxygens (including phenoxy) is 1. The number of carbonyl (C=O) groups excluding carboxylic acids is 1. The van der Waals surface area contributed by atoms with Crippen molar-refractivity contribution in [1.29, 1.82) is 0 Å². The summed E-state index contributed by atoms with van der Waals surface area (Å²) in [4.78, 5) is 12.4. The van der Waals surface area contributed by atoms with Crippen molar-refractivity contribution in [2.24, 2.45) is 0 Å². The molecular weight excluding hydrogens is 184 g/mol. The normalized spacial score (nSPS) is 11.6. The van der Waals surface area contributed by atoms with Gasteiger partial charge in [-0.2, -0.15) is 0 Å². The molecule has 0 fully saturated rings. The Morgan fingerprint density at radius 1 is 1.62 bits per heavy atom. The molecule has 2 nitrogen and oxygen atoms in total. The van der Waals surface area contributed by atoms with Gasteiger partial charge in [0.1, 0.15) is 0 Å². The fourth-order valence-corrected chi connectivity index (χ4v) is 1.65. The SMILES string of the molecule is COC(C)(C)CC(=O)c1cccs1. The summed E-state index contributed by atoms with van der Waals surface area (Å²) in [5.41, 5.74) is -0.360. The topological polar surface area (TPSA) is 26.3 Å². The third kappa shape index (κ3) is 2.94. The van der Waals surface area contributed by atoms with Crippen LogP contribution in [-0.4, -0.2) is 18.5 Å². The minimum atomic E-state index is -0.360. The molecule has 13 heavy (non-hydrogen) atoms. The molecule has 0 spiro atoms. The van der Waals surface area contributed by atoms with Crippen LogP contribution in [0.3, 0.4) is 0 Å². The molecule has 0 aliphatic rings. The van der Waals surface area contributed by atoms with Crippen molar-refractivity contribution in [2.45, 2.75) is 25.9 Å². The van der Waals surface area contributed by atoms with Crippen molar-refractivity contribution < 1.29 is 9.53 Å². The van der Waals surface area contributed by atoms with Gasteiger partial charge in [0, 0.05) is 13.5 Å². The molecule has 0 atom stereocenters. The molecule has 1 rings (SSSR count). The van der Waals surface area contributed by atoms with Gasteiger partial charge in [0.05, 0.1) is 10.5 Å². The summed E-state index contributed by atoms with van der Waals surface area (Å²) < 4.78 is 5.19. The molecule has 3 heteroatoms. The summed E-state index contributed by atoms with van der Waals surface area (Å²) in [5.74, 6) is 0.154. The molecule has 0 aromatic carbocycles. The molecule has 0 aliphatic carbocycles. The predicted molar refractivity (Wildman–Crippen MR) is 54.4 cm³/mol. The zero-order valence-corrected chi connectivity index (χ0v) is 8.98. The van der Waals surface area contributed by atoms with Crippen molar-refractivity contribution in [3.8, 4) is 0 Å². The van der Waals surface area contributed by atoms with E-state index in [4.69, 9.17) is 4.74 Å². The molecule has 0 bridgehead atoms. The largest absolute Gasteiger partial charge is 0.378 e. The highest BCUT2D eigenvalue weighted by Gasteiger charge is 2.22. The predicted octanol–water partition coefficient (Wildman–Crippen LogP) is 2.75. The quantitative estimate of drug-likeness (QED) is 0.695. The molecule has 0 amide bonds. The number of ketones is 1. The Morgan fingerprint density at radius 3 is 2.77 bits per heavy atom. The van der Waals surface area contributed by atoms with Crippen LogP contribution in [0.4, 0.5) is 0 Å². The lowest BCUT2D eigenvalue weighted by Gasteiger charge is -2.21. The Kier molecular flexibility index (Phi) is 3.22. The van der Waals surface area contributed by atoms with E-state index in [0.717, 1.165) is 4.88 Å². The summed E-state index contributed by atoms with van der Waals surface area (Å²) in [6.07, 6.45) is 0.435. The smallest absolute Gasteiger partial charge is 0.175 e. The van der Waals surface area contributed by atoms with E-state index in [1.165, 1.54) is 11.3 Å². The van der Waals surface area contributed by atoms with Crippen LogP contribution in [0.1, 0.15) is 29.9 Å². The van der Waals surface area contributed by atoms with Gasteiger partial charge in [-0.05, 0) is 25.3 Å². The Hall–Kier alpha value is -0.670. The minimum absolute atomic E-state index is 0.154. The molecule has 0 aliphatic heterocycles. The second kappa shape index (κ2) is 4.03. The fourth-order valence-electron chi connectivity index (χ4n) is 0.983. The third-order valence-corrected chi connectivity index (χ3v) is 2.85. The number of hydrogen-bond acceptors (Lipinski definition) is 3. The number of methoxy groups -OCH3 is 1. The van der Waals surface area contributed by atoms with E-state index in [1.54, 1.807) is 7.11 Å². The van der Waals surface area contributed by atoms with E-state index in [9.17, 15) is 4.79 Å². The highest BCUT2D eigenvalue weighted by atomic mass is 32.1. The van der Waals surface area contributed by atoms with Gasteiger partial charge >= 0.3 is 0 Å². The van der Waals surface area contributed by atoms with E-state index in [0.29, 0.717) is 6.42 Å². The first-order valence-electron chi connectivity index (χ1n) is 4.17. The molecule has 1 heterocycles. The van der Waals surface area contributed by atoms with Crippen LogP contribution in [0.2, 0.25) is 0 Å². The van der Waals surface area contributed by atoms with Crippen molar-refractivity contribution in [2.75, 3.05) is 7.11 Å². The van der Waals surface area contributed by atoms with Gasteiger partial charge in [-0.1, -0.05) is 6.07 Å². The molecule has 0 saturated heterocycles. The molecular formula is C10H14O2S. The van der Waals surface area contributed by atoms with Gasteiger partial charge < -0.3 is 4.74 Å². The monoisotopic (exact) mass is 198 g/mol. The Balaban J connectivity index is 2.61.